The van der Waals surface area contributed by atoms with Crippen molar-refractivity contribution in [2.24, 2.45) is 0 Å². The molecule has 4 nitrogen and oxygen atoms in total. The Balaban J connectivity index is 1.83. The van der Waals surface area contributed by atoms with Crippen LogP contribution in [-0.2, 0) is 11.3 Å². The third-order valence-electron chi connectivity index (χ3n) is 2.98. The summed E-state index contributed by atoms with van der Waals surface area (Å²) in [6.07, 6.45) is 0. The van der Waals surface area contributed by atoms with Crippen molar-refractivity contribution in [2.45, 2.75) is 19.5 Å². The number of carbonyl (C=O) groups is 1. The summed E-state index contributed by atoms with van der Waals surface area (Å²) < 4.78 is 0. The Hall–Kier alpha value is -2.33. The summed E-state index contributed by atoms with van der Waals surface area (Å²) >= 11 is 0. The number of phenols is 1. The molecule has 1 unspecified atom stereocenters. The standard InChI is InChI=1S/C16H18N2O2/c1-12(16(20)18-14-5-3-2-4-6-14)17-11-13-7-9-15(19)10-8-13/h2-10,12,17,19H,11H2,1H3,(H,18,20). The molecule has 2 rings (SSSR count). The van der Waals surface area contributed by atoms with Crippen LogP contribution in [0.15, 0.2) is 54.6 Å². The van der Waals surface area contributed by atoms with Crippen LogP contribution in [0.5, 0.6) is 5.75 Å². The van der Waals surface area contributed by atoms with Crippen LogP contribution in [0.2, 0.25) is 0 Å². The quantitative estimate of drug-likeness (QED) is 0.782. The summed E-state index contributed by atoms with van der Waals surface area (Å²) in [4.78, 5) is 12.0. The van der Waals surface area contributed by atoms with Crippen LogP contribution in [0.3, 0.4) is 0 Å². The average Bonchev–Trinajstić information content (AvgIpc) is 2.47. The predicted octanol–water partition coefficient (Wildman–Crippen LogP) is 2.51. The first-order chi connectivity index (χ1) is 9.65. The first kappa shape index (κ1) is 14.1. The molecule has 2 aromatic rings. The minimum absolute atomic E-state index is 0.0741. The van der Waals surface area contributed by atoms with E-state index in [9.17, 15) is 9.90 Å². The minimum Gasteiger partial charge on any atom is -0.508 e. The molecule has 0 heterocycles. The zero-order valence-corrected chi connectivity index (χ0v) is 11.3. The Kier molecular flexibility index (Phi) is 4.74. The number of para-hydroxylation sites is 1. The number of carbonyl (C=O) groups excluding carboxylic acids is 1. The maximum absolute atomic E-state index is 12.0. The molecule has 1 atom stereocenters. The molecular weight excluding hydrogens is 252 g/mol. The van der Waals surface area contributed by atoms with E-state index in [1.807, 2.05) is 49.4 Å². The summed E-state index contributed by atoms with van der Waals surface area (Å²) in [6, 6.07) is 16.0. The van der Waals surface area contributed by atoms with Gasteiger partial charge in [-0.05, 0) is 36.8 Å². The molecule has 0 aliphatic rings. The van der Waals surface area contributed by atoms with Gasteiger partial charge in [-0.3, -0.25) is 4.79 Å². The highest BCUT2D eigenvalue weighted by Crippen LogP contribution is 2.10. The lowest BCUT2D eigenvalue weighted by atomic mass is 10.2. The van der Waals surface area contributed by atoms with Crippen LogP contribution < -0.4 is 10.6 Å². The molecule has 0 radical (unpaired) electrons. The minimum atomic E-state index is -0.302. The van der Waals surface area contributed by atoms with E-state index in [0.717, 1.165) is 11.3 Å². The average molecular weight is 270 g/mol. The Morgan fingerprint density at radius 1 is 1.10 bits per heavy atom. The number of amides is 1. The monoisotopic (exact) mass is 270 g/mol. The van der Waals surface area contributed by atoms with Crippen molar-refractivity contribution in [2.75, 3.05) is 5.32 Å². The van der Waals surface area contributed by atoms with Gasteiger partial charge in [-0.15, -0.1) is 0 Å². The third kappa shape index (κ3) is 4.10. The number of hydrogen-bond acceptors (Lipinski definition) is 3. The van der Waals surface area contributed by atoms with Gasteiger partial charge < -0.3 is 15.7 Å². The number of hydrogen-bond donors (Lipinski definition) is 3. The molecule has 0 fully saturated rings. The molecule has 0 spiro atoms. The van der Waals surface area contributed by atoms with Gasteiger partial charge >= 0.3 is 0 Å². The maximum Gasteiger partial charge on any atom is 0.241 e. The molecule has 0 aliphatic heterocycles. The maximum atomic E-state index is 12.0. The zero-order valence-electron chi connectivity index (χ0n) is 11.3. The van der Waals surface area contributed by atoms with Gasteiger partial charge in [0.25, 0.3) is 0 Å². The summed E-state index contributed by atoms with van der Waals surface area (Å²) in [5, 5.41) is 15.2. The molecule has 2 aromatic carbocycles. The number of benzene rings is 2. The molecule has 104 valence electrons. The lowest BCUT2D eigenvalue weighted by molar-refractivity contribution is -0.117. The van der Waals surface area contributed by atoms with Crippen LogP contribution in [0.4, 0.5) is 5.69 Å². The Morgan fingerprint density at radius 2 is 1.75 bits per heavy atom. The summed E-state index contributed by atoms with van der Waals surface area (Å²) in [7, 11) is 0. The first-order valence-electron chi connectivity index (χ1n) is 6.52. The molecule has 1 amide bonds. The molecule has 0 aliphatic carbocycles. The van der Waals surface area contributed by atoms with Crippen molar-refractivity contribution in [1.29, 1.82) is 0 Å². The molecule has 20 heavy (non-hydrogen) atoms. The molecule has 0 saturated carbocycles. The van der Waals surface area contributed by atoms with Crippen molar-refractivity contribution in [3.8, 4) is 5.75 Å². The lowest BCUT2D eigenvalue weighted by Gasteiger charge is -2.14. The Bertz CT molecular complexity index is 552. The fourth-order valence-corrected chi connectivity index (χ4v) is 1.75. The first-order valence-corrected chi connectivity index (χ1v) is 6.52. The molecule has 4 heteroatoms. The van der Waals surface area contributed by atoms with Gasteiger partial charge in [0.2, 0.25) is 5.91 Å². The topological polar surface area (TPSA) is 61.4 Å². The van der Waals surface area contributed by atoms with E-state index in [1.165, 1.54) is 0 Å². The predicted molar refractivity (Wildman–Crippen MR) is 79.5 cm³/mol. The van der Waals surface area contributed by atoms with Crippen LogP contribution in [-0.4, -0.2) is 17.1 Å². The van der Waals surface area contributed by atoms with Crippen molar-refractivity contribution in [3.05, 3.63) is 60.2 Å². The molecule has 3 N–H and O–H groups in total. The second-order valence-corrected chi connectivity index (χ2v) is 4.62. The third-order valence-corrected chi connectivity index (χ3v) is 2.98. The number of rotatable bonds is 5. The van der Waals surface area contributed by atoms with Gasteiger partial charge in [-0.2, -0.15) is 0 Å². The van der Waals surface area contributed by atoms with E-state index < -0.39 is 0 Å². The van der Waals surface area contributed by atoms with Gasteiger partial charge in [0.15, 0.2) is 0 Å². The number of nitrogens with one attached hydrogen (secondary N) is 2. The number of anilines is 1. The highest BCUT2D eigenvalue weighted by molar-refractivity contribution is 5.94. The van der Waals surface area contributed by atoms with Crippen LogP contribution in [0.1, 0.15) is 12.5 Å². The van der Waals surface area contributed by atoms with Crippen LogP contribution in [0.25, 0.3) is 0 Å². The Labute approximate surface area is 118 Å². The fourth-order valence-electron chi connectivity index (χ4n) is 1.75. The van der Waals surface area contributed by atoms with Gasteiger partial charge in [-0.1, -0.05) is 30.3 Å². The normalized spacial score (nSPS) is 11.8. The summed E-state index contributed by atoms with van der Waals surface area (Å²) in [6.45, 7) is 2.39. The summed E-state index contributed by atoms with van der Waals surface area (Å²) in [5.41, 5.74) is 1.80. The van der Waals surface area contributed by atoms with E-state index >= 15 is 0 Å². The van der Waals surface area contributed by atoms with Crippen molar-refractivity contribution < 1.29 is 9.90 Å². The summed E-state index contributed by atoms with van der Waals surface area (Å²) in [5.74, 6) is 0.165. The highest BCUT2D eigenvalue weighted by Gasteiger charge is 2.11. The number of aromatic hydroxyl groups is 1. The van der Waals surface area contributed by atoms with E-state index in [2.05, 4.69) is 10.6 Å². The van der Waals surface area contributed by atoms with E-state index in [0.29, 0.717) is 6.54 Å². The SMILES string of the molecule is CC(NCc1ccc(O)cc1)C(=O)Nc1ccccc1. The van der Waals surface area contributed by atoms with Gasteiger partial charge in [-0.25, -0.2) is 0 Å². The van der Waals surface area contributed by atoms with Gasteiger partial charge in [0.05, 0.1) is 6.04 Å². The smallest absolute Gasteiger partial charge is 0.241 e. The van der Waals surface area contributed by atoms with Crippen LogP contribution in [0, 0.1) is 0 Å². The molecular formula is C16H18N2O2. The zero-order chi connectivity index (χ0) is 14.4. The van der Waals surface area contributed by atoms with E-state index in [1.54, 1.807) is 12.1 Å². The largest absolute Gasteiger partial charge is 0.508 e. The van der Waals surface area contributed by atoms with Gasteiger partial charge in [0, 0.05) is 12.2 Å². The fraction of sp³-hybridized carbons (Fsp3) is 0.188. The van der Waals surface area contributed by atoms with Crippen molar-refractivity contribution in [1.82, 2.24) is 5.32 Å². The molecule has 0 saturated heterocycles. The molecule has 0 bridgehead atoms. The highest BCUT2D eigenvalue weighted by atomic mass is 16.3. The van der Waals surface area contributed by atoms with Crippen molar-refractivity contribution >= 4 is 11.6 Å². The molecule has 0 aromatic heterocycles. The van der Waals surface area contributed by atoms with Gasteiger partial charge in [0.1, 0.15) is 5.75 Å². The second kappa shape index (κ2) is 6.73. The second-order valence-electron chi connectivity index (χ2n) is 4.62. The number of phenolic OH excluding ortho intramolecular Hbond substituents is 1. The van der Waals surface area contributed by atoms with E-state index in [-0.39, 0.29) is 17.7 Å². The van der Waals surface area contributed by atoms with Crippen LogP contribution >= 0.6 is 0 Å². The Morgan fingerprint density at radius 3 is 2.40 bits per heavy atom. The van der Waals surface area contributed by atoms with E-state index in [4.69, 9.17) is 0 Å². The lowest BCUT2D eigenvalue weighted by Crippen LogP contribution is -2.37. The van der Waals surface area contributed by atoms with Crippen molar-refractivity contribution in [3.63, 3.8) is 0 Å².